The first-order valence-corrected chi connectivity index (χ1v) is 11.8. The van der Waals surface area contributed by atoms with Crippen LogP contribution in [-0.2, 0) is 21.7 Å². The summed E-state index contributed by atoms with van der Waals surface area (Å²) in [6.45, 7) is 9.95. The van der Waals surface area contributed by atoms with Crippen molar-refractivity contribution < 1.29 is 0 Å². The number of benzene rings is 2. The van der Waals surface area contributed by atoms with Crippen molar-refractivity contribution in [2.75, 3.05) is 5.32 Å². The molecule has 2 fully saturated rings. The van der Waals surface area contributed by atoms with Gasteiger partial charge < -0.3 is 5.32 Å². The smallest absolute Gasteiger partial charge is 0.0387 e. The highest BCUT2D eigenvalue weighted by molar-refractivity contribution is 5.66. The molecule has 4 bridgehead atoms. The molecule has 1 nitrogen and oxygen atoms in total. The minimum absolute atomic E-state index is 0.377. The van der Waals surface area contributed by atoms with Crippen molar-refractivity contribution in [3.8, 4) is 0 Å². The van der Waals surface area contributed by atoms with Gasteiger partial charge in [-0.25, -0.2) is 0 Å². The minimum atomic E-state index is 0.377. The van der Waals surface area contributed by atoms with Crippen LogP contribution in [0.15, 0.2) is 36.4 Å². The summed E-state index contributed by atoms with van der Waals surface area (Å²) < 4.78 is 0. The van der Waals surface area contributed by atoms with E-state index >= 15 is 0 Å². The molecule has 1 N–H and O–H groups in total. The van der Waals surface area contributed by atoms with Crippen LogP contribution in [0.25, 0.3) is 0 Å². The number of rotatable bonds is 2. The first-order chi connectivity index (χ1) is 13.7. The molecule has 8 rings (SSSR count). The van der Waals surface area contributed by atoms with Crippen LogP contribution in [0.1, 0.15) is 101 Å². The topological polar surface area (TPSA) is 12.0 Å². The van der Waals surface area contributed by atoms with Crippen molar-refractivity contribution in [1.82, 2.24) is 0 Å². The van der Waals surface area contributed by atoms with Crippen molar-refractivity contribution in [2.45, 2.75) is 101 Å². The summed E-state index contributed by atoms with van der Waals surface area (Å²) >= 11 is 0. The lowest BCUT2D eigenvalue weighted by Gasteiger charge is -2.52. The first kappa shape index (κ1) is 18.0. The van der Waals surface area contributed by atoms with Gasteiger partial charge in [0.05, 0.1) is 0 Å². The molecule has 0 spiro atoms. The predicted molar refractivity (Wildman–Crippen MR) is 123 cm³/mol. The van der Waals surface area contributed by atoms with Gasteiger partial charge in [0.1, 0.15) is 0 Å². The summed E-state index contributed by atoms with van der Waals surface area (Å²) in [5.41, 5.74) is 10.5. The second-order valence-electron chi connectivity index (χ2n) is 11.9. The molecule has 2 saturated carbocycles. The molecule has 29 heavy (non-hydrogen) atoms. The van der Waals surface area contributed by atoms with Crippen molar-refractivity contribution in [3.63, 3.8) is 0 Å². The zero-order chi connectivity index (χ0) is 20.1. The summed E-state index contributed by atoms with van der Waals surface area (Å²) in [6.07, 6.45) is 10.8. The van der Waals surface area contributed by atoms with Crippen LogP contribution in [0, 0.1) is 0 Å². The monoisotopic (exact) mass is 385 g/mol. The molecule has 152 valence electrons. The second kappa shape index (κ2) is 5.48. The molecule has 0 aliphatic heterocycles. The van der Waals surface area contributed by atoms with E-state index in [1.54, 1.807) is 22.3 Å². The fraction of sp³-hybridized carbons (Fsp3) is 0.571. The maximum atomic E-state index is 3.78. The highest BCUT2D eigenvalue weighted by Gasteiger charge is 2.48. The van der Waals surface area contributed by atoms with Gasteiger partial charge in [0.2, 0.25) is 0 Å². The molecule has 0 aromatic heterocycles. The van der Waals surface area contributed by atoms with Crippen molar-refractivity contribution >= 4 is 11.4 Å². The van der Waals surface area contributed by atoms with Gasteiger partial charge >= 0.3 is 0 Å². The molecule has 2 aromatic rings. The van der Waals surface area contributed by atoms with E-state index in [-0.39, 0.29) is 0 Å². The number of anilines is 2. The molecule has 0 saturated heterocycles. The lowest BCUT2D eigenvalue weighted by molar-refractivity contribution is 0.188. The first-order valence-electron chi connectivity index (χ1n) is 11.8. The van der Waals surface area contributed by atoms with E-state index in [0.717, 1.165) is 0 Å². The van der Waals surface area contributed by atoms with E-state index in [0.29, 0.717) is 21.7 Å². The zero-order valence-corrected chi connectivity index (χ0v) is 18.6. The number of nitrogens with one attached hydrogen (secondary N) is 1. The quantitative estimate of drug-likeness (QED) is 0.560. The number of fused-ring (bicyclic) bond motifs is 4. The number of hydrogen-bond donors (Lipinski definition) is 1. The fourth-order valence-corrected chi connectivity index (χ4v) is 7.25. The highest BCUT2D eigenvalue weighted by Crippen LogP contribution is 2.58. The zero-order valence-electron chi connectivity index (χ0n) is 18.6. The Morgan fingerprint density at radius 2 is 0.793 bits per heavy atom. The molecule has 0 amide bonds. The molecule has 0 heterocycles. The van der Waals surface area contributed by atoms with Gasteiger partial charge in [-0.15, -0.1) is 0 Å². The Labute approximate surface area is 176 Å². The maximum Gasteiger partial charge on any atom is 0.0387 e. The molecule has 0 atom stereocenters. The standard InChI is InChI=1S/C28H35N/c1-25-9-13-27(3,14-10-25)23-17-19(5-7-21(23)25)29-20-6-8-22-24(18-20)28(4)15-11-26(22,2)12-16-28/h5-8,17-18,29H,9-16H2,1-4H3. The molecule has 1 heteroatoms. The highest BCUT2D eigenvalue weighted by atomic mass is 14.9. The van der Waals surface area contributed by atoms with Gasteiger partial charge in [-0.1, -0.05) is 39.8 Å². The van der Waals surface area contributed by atoms with Crippen LogP contribution >= 0.6 is 0 Å². The molecule has 2 aromatic carbocycles. The molecule has 0 unspecified atom stereocenters. The SMILES string of the molecule is CC12CCC(C)(CC1)c1cc(Nc3ccc4c(c3)C3(C)CCC4(C)CC3)ccc12. The van der Waals surface area contributed by atoms with Crippen LogP contribution in [-0.4, -0.2) is 0 Å². The summed E-state index contributed by atoms with van der Waals surface area (Å²) in [5, 5.41) is 3.78. The summed E-state index contributed by atoms with van der Waals surface area (Å²) in [5.74, 6) is 0. The average molecular weight is 386 g/mol. The third-order valence-electron chi connectivity index (χ3n) is 9.84. The van der Waals surface area contributed by atoms with Gasteiger partial charge in [-0.05, 0) is 120 Å². The van der Waals surface area contributed by atoms with E-state index in [1.807, 2.05) is 0 Å². The average Bonchev–Trinajstić information content (AvgIpc) is 2.72. The predicted octanol–water partition coefficient (Wildman–Crippen LogP) is 7.64. The Balaban J connectivity index is 1.37. The van der Waals surface area contributed by atoms with Gasteiger partial charge in [0, 0.05) is 11.4 Å². The Bertz CT molecular complexity index is 915. The van der Waals surface area contributed by atoms with Gasteiger partial charge in [-0.2, -0.15) is 0 Å². The van der Waals surface area contributed by atoms with Gasteiger partial charge in [-0.3, -0.25) is 0 Å². The van der Waals surface area contributed by atoms with Crippen molar-refractivity contribution in [1.29, 1.82) is 0 Å². The molecule has 6 aliphatic carbocycles. The summed E-state index contributed by atoms with van der Waals surface area (Å²) in [4.78, 5) is 0. The van der Waals surface area contributed by atoms with Crippen LogP contribution in [0.5, 0.6) is 0 Å². The Morgan fingerprint density at radius 3 is 1.14 bits per heavy atom. The van der Waals surface area contributed by atoms with Gasteiger partial charge in [0.25, 0.3) is 0 Å². The maximum absolute atomic E-state index is 3.78. The Hall–Kier alpha value is -1.76. The lowest BCUT2D eigenvalue weighted by Crippen LogP contribution is -2.44. The van der Waals surface area contributed by atoms with E-state index in [2.05, 4.69) is 69.4 Å². The van der Waals surface area contributed by atoms with Crippen LogP contribution in [0.3, 0.4) is 0 Å². The third kappa shape index (κ3) is 2.39. The largest absolute Gasteiger partial charge is 0.356 e. The van der Waals surface area contributed by atoms with E-state index < -0.39 is 0 Å². The van der Waals surface area contributed by atoms with Crippen molar-refractivity contribution in [2.24, 2.45) is 0 Å². The van der Waals surface area contributed by atoms with Gasteiger partial charge in [0.15, 0.2) is 0 Å². The van der Waals surface area contributed by atoms with Crippen LogP contribution in [0.4, 0.5) is 11.4 Å². The van der Waals surface area contributed by atoms with Crippen molar-refractivity contribution in [3.05, 3.63) is 58.7 Å². The fourth-order valence-electron chi connectivity index (χ4n) is 7.25. The Kier molecular flexibility index (Phi) is 3.41. The van der Waals surface area contributed by atoms with Crippen LogP contribution < -0.4 is 5.32 Å². The van der Waals surface area contributed by atoms with E-state index in [1.165, 1.54) is 62.7 Å². The minimum Gasteiger partial charge on any atom is -0.356 e. The molecule has 6 aliphatic rings. The van der Waals surface area contributed by atoms with E-state index in [4.69, 9.17) is 0 Å². The Morgan fingerprint density at radius 1 is 0.483 bits per heavy atom. The molecule has 0 radical (unpaired) electrons. The van der Waals surface area contributed by atoms with Crippen LogP contribution in [0.2, 0.25) is 0 Å². The lowest BCUT2D eigenvalue weighted by atomic mass is 9.52. The molecular formula is C28H35N. The normalized spacial score (nSPS) is 39.2. The molecular weight excluding hydrogens is 350 g/mol. The second-order valence-corrected chi connectivity index (χ2v) is 11.9. The number of hydrogen-bond acceptors (Lipinski definition) is 1. The summed E-state index contributed by atoms with van der Waals surface area (Å²) in [7, 11) is 0. The van der Waals surface area contributed by atoms with E-state index in [9.17, 15) is 0 Å². The third-order valence-corrected chi connectivity index (χ3v) is 9.84. The summed E-state index contributed by atoms with van der Waals surface area (Å²) in [6, 6.07) is 14.4.